The summed E-state index contributed by atoms with van der Waals surface area (Å²) in [5.41, 5.74) is 2.71. The SMILES string of the molecule is Cn1cnc2c(Oc3ccccc3)nc3ccccc3c21. The highest BCUT2D eigenvalue weighted by Crippen LogP contribution is 2.31. The molecule has 0 amide bonds. The van der Waals surface area contributed by atoms with Gasteiger partial charge in [0.25, 0.3) is 0 Å². The van der Waals surface area contributed by atoms with E-state index in [1.807, 2.05) is 60.1 Å². The number of benzene rings is 2. The van der Waals surface area contributed by atoms with Gasteiger partial charge in [0, 0.05) is 12.4 Å². The first-order chi connectivity index (χ1) is 10.3. The molecule has 0 radical (unpaired) electrons. The summed E-state index contributed by atoms with van der Waals surface area (Å²) in [6, 6.07) is 17.7. The van der Waals surface area contributed by atoms with Gasteiger partial charge in [-0.3, -0.25) is 0 Å². The summed E-state index contributed by atoms with van der Waals surface area (Å²) in [7, 11) is 1.98. The third kappa shape index (κ3) is 1.92. The molecule has 0 N–H and O–H groups in total. The molecular formula is C17H13N3O. The summed E-state index contributed by atoms with van der Waals surface area (Å²) in [6.45, 7) is 0. The van der Waals surface area contributed by atoms with Gasteiger partial charge in [-0.1, -0.05) is 36.4 Å². The number of aromatic nitrogens is 3. The van der Waals surface area contributed by atoms with Gasteiger partial charge in [0.15, 0.2) is 5.52 Å². The summed E-state index contributed by atoms with van der Waals surface area (Å²) in [5, 5.41) is 1.08. The van der Waals surface area contributed by atoms with Crippen LogP contribution in [0.25, 0.3) is 21.9 Å². The molecule has 0 atom stereocenters. The Balaban J connectivity index is 1.99. The zero-order valence-electron chi connectivity index (χ0n) is 11.5. The van der Waals surface area contributed by atoms with E-state index in [0.29, 0.717) is 5.88 Å². The van der Waals surface area contributed by atoms with Gasteiger partial charge >= 0.3 is 0 Å². The summed E-state index contributed by atoms with van der Waals surface area (Å²) in [4.78, 5) is 9.05. The zero-order valence-corrected chi connectivity index (χ0v) is 11.5. The third-order valence-corrected chi connectivity index (χ3v) is 3.48. The second-order valence-corrected chi connectivity index (χ2v) is 4.90. The van der Waals surface area contributed by atoms with Crippen molar-refractivity contribution < 1.29 is 4.74 Å². The molecule has 4 heteroatoms. The van der Waals surface area contributed by atoms with Gasteiger partial charge in [-0.2, -0.15) is 0 Å². The van der Waals surface area contributed by atoms with Crippen molar-refractivity contribution in [2.75, 3.05) is 0 Å². The average Bonchev–Trinajstić information content (AvgIpc) is 2.91. The van der Waals surface area contributed by atoms with Crippen LogP contribution < -0.4 is 4.74 Å². The van der Waals surface area contributed by atoms with Crippen molar-refractivity contribution in [3.05, 3.63) is 60.9 Å². The highest BCUT2D eigenvalue weighted by Gasteiger charge is 2.14. The van der Waals surface area contributed by atoms with Crippen molar-refractivity contribution in [2.45, 2.75) is 0 Å². The highest BCUT2D eigenvalue weighted by atomic mass is 16.5. The standard InChI is InChI=1S/C17H13N3O/c1-20-11-18-15-16(20)13-9-5-6-10-14(13)19-17(15)21-12-7-3-2-4-8-12/h2-11H,1H3. The molecule has 102 valence electrons. The number of ether oxygens (including phenoxy) is 1. The maximum absolute atomic E-state index is 5.93. The van der Waals surface area contributed by atoms with Gasteiger partial charge in [0.05, 0.1) is 17.4 Å². The molecule has 4 nitrogen and oxygen atoms in total. The molecule has 0 aliphatic rings. The first kappa shape index (κ1) is 11.9. The monoisotopic (exact) mass is 275 g/mol. The fourth-order valence-electron chi connectivity index (χ4n) is 2.51. The number of fused-ring (bicyclic) bond motifs is 3. The van der Waals surface area contributed by atoms with E-state index in [2.05, 4.69) is 16.0 Å². The maximum Gasteiger partial charge on any atom is 0.248 e. The van der Waals surface area contributed by atoms with E-state index >= 15 is 0 Å². The highest BCUT2D eigenvalue weighted by molar-refractivity contribution is 6.04. The van der Waals surface area contributed by atoms with Crippen molar-refractivity contribution in [1.29, 1.82) is 0 Å². The Kier molecular flexibility index (Phi) is 2.60. The fraction of sp³-hybridized carbons (Fsp3) is 0.0588. The Morgan fingerprint density at radius 3 is 2.57 bits per heavy atom. The average molecular weight is 275 g/mol. The van der Waals surface area contributed by atoms with Crippen LogP contribution in [-0.4, -0.2) is 14.5 Å². The van der Waals surface area contributed by atoms with Gasteiger partial charge in [0.2, 0.25) is 5.88 Å². The Morgan fingerprint density at radius 1 is 0.952 bits per heavy atom. The van der Waals surface area contributed by atoms with E-state index in [1.54, 1.807) is 6.33 Å². The van der Waals surface area contributed by atoms with Gasteiger partial charge in [-0.15, -0.1) is 0 Å². The Labute approximate surface area is 121 Å². The second kappa shape index (κ2) is 4.59. The van der Waals surface area contributed by atoms with Crippen molar-refractivity contribution in [3.8, 4) is 11.6 Å². The molecule has 2 heterocycles. The van der Waals surface area contributed by atoms with E-state index in [0.717, 1.165) is 27.7 Å². The lowest BCUT2D eigenvalue weighted by molar-refractivity contribution is 0.470. The van der Waals surface area contributed by atoms with E-state index in [4.69, 9.17) is 4.74 Å². The van der Waals surface area contributed by atoms with Crippen LogP contribution in [0, 0.1) is 0 Å². The molecule has 0 saturated heterocycles. The van der Waals surface area contributed by atoms with Crippen LogP contribution in [0.3, 0.4) is 0 Å². The maximum atomic E-state index is 5.93. The first-order valence-corrected chi connectivity index (χ1v) is 6.75. The predicted molar refractivity (Wildman–Crippen MR) is 82.5 cm³/mol. The Bertz CT molecular complexity index is 929. The minimum Gasteiger partial charge on any atom is -0.437 e. The number of rotatable bonds is 2. The Morgan fingerprint density at radius 2 is 1.71 bits per heavy atom. The minimum atomic E-state index is 0.537. The van der Waals surface area contributed by atoms with E-state index in [1.165, 1.54) is 0 Å². The molecule has 2 aromatic carbocycles. The molecule has 4 rings (SSSR count). The summed E-state index contributed by atoms with van der Waals surface area (Å²) in [5.74, 6) is 1.29. The predicted octanol–water partition coefficient (Wildman–Crippen LogP) is 3.91. The van der Waals surface area contributed by atoms with Crippen LogP contribution in [-0.2, 0) is 7.05 Å². The van der Waals surface area contributed by atoms with E-state index < -0.39 is 0 Å². The number of pyridine rings is 1. The van der Waals surface area contributed by atoms with Crippen LogP contribution >= 0.6 is 0 Å². The van der Waals surface area contributed by atoms with Crippen molar-refractivity contribution in [2.24, 2.45) is 7.05 Å². The molecule has 0 fully saturated rings. The molecule has 21 heavy (non-hydrogen) atoms. The van der Waals surface area contributed by atoms with Gasteiger partial charge < -0.3 is 9.30 Å². The van der Waals surface area contributed by atoms with Crippen LogP contribution in [0.5, 0.6) is 11.6 Å². The largest absolute Gasteiger partial charge is 0.437 e. The molecule has 0 unspecified atom stereocenters. The topological polar surface area (TPSA) is 39.9 Å². The number of imidazole rings is 1. The van der Waals surface area contributed by atoms with Crippen molar-refractivity contribution >= 4 is 21.9 Å². The van der Waals surface area contributed by atoms with E-state index in [9.17, 15) is 0 Å². The van der Waals surface area contributed by atoms with Crippen LogP contribution in [0.4, 0.5) is 0 Å². The number of hydrogen-bond acceptors (Lipinski definition) is 3. The lowest BCUT2D eigenvalue weighted by Gasteiger charge is -2.08. The third-order valence-electron chi connectivity index (χ3n) is 3.48. The number of aryl methyl sites for hydroxylation is 1. The van der Waals surface area contributed by atoms with Gasteiger partial charge in [-0.25, -0.2) is 9.97 Å². The number of nitrogens with zero attached hydrogens (tertiary/aromatic N) is 3. The van der Waals surface area contributed by atoms with Crippen LogP contribution in [0.2, 0.25) is 0 Å². The van der Waals surface area contributed by atoms with Crippen molar-refractivity contribution in [3.63, 3.8) is 0 Å². The molecule has 0 saturated carbocycles. The quantitative estimate of drug-likeness (QED) is 0.556. The zero-order chi connectivity index (χ0) is 14.2. The molecule has 0 spiro atoms. The summed E-state index contributed by atoms with van der Waals surface area (Å²) in [6.07, 6.45) is 1.79. The number of para-hydroxylation sites is 2. The lowest BCUT2D eigenvalue weighted by Crippen LogP contribution is -1.93. The smallest absolute Gasteiger partial charge is 0.248 e. The lowest BCUT2D eigenvalue weighted by atomic mass is 10.2. The normalized spacial score (nSPS) is 11.1. The molecular weight excluding hydrogens is 262 g/mol. The van der Waals surface area contributed by atoms with E-state index in [-0.39, 0.29) is 0 Å². The number of hydrogen-bond donors (Lipinski definition) is 0. The summed E-state index contributed by atoms with van der Waals surface area (Å²) >= 11 is 0. The molecule has 0 bridgehead atoms. The second-order valence-electron chi connectivity index (χ2n) is 4.90. The molecule has 0 aliphatic carbocycles. The minimum absolute atomic E-state index is 0.537. The van der Waals surface area contributed by atoms with Crippen molar-refractivity contribution in [1.82, 2.24) is 14.5 Å². The van der Waals surface area contributed by atoms with Crippen LogP contribution in [0.15, 0.2) is 60.9 Å². The van der Waals surface area contributed by atoms with Gasteiger partial charge in [-0.05, 0) is 18.2 Å². The molecule has 4 aromatic rings. The molecule has 0 aliphatic heterocycles. The Hall–Kier alpha value is -2.88. The van der Waals surface area contributed by atoms with Gasteiger partial charge in [0.1, 0.15) is 5.75 Å². The van der Waals surface area contributed by atoms with Crippen LogP contribution in [0.1, 0.15) is 0 Å². The first-order valence-electron chi connectivity index (χ1n) is 6.75. The molecule has 2 aromatic heterocycles. The summed E-state index contributed by atoms with van der Waals surface area (Å²) < 4.78 is 7.92. The fourth-order valence-corrected chi connectivity index (χ4v) is 2.51.